The van der Waals surface area contributed by atoms with Gasteiger partial charge in [0.2, 0.25) is 5.78 Å². The number of carbonyl (C=O) groups is 1. The predicted molar refractivity (Wildman–Crippen MR) is 89.0 cm³/mol. The number of rotatable bonds is 4. The maximum Gasteiger partial charge on any atom is 0.351 e. The summed E-state index contributed by atoms with van der Waals surface area (Å²) in [4.78, 5) is 16.0. The molecule has 0 saturated heterocycles. The summed E-state index contributed by atoms with van der Waals surface area (Å²) in [6, 6.07) is 13.5. The van der Waals surface area contributed by atoms with E-state index < -0.39 is 34.6 Å². The summed E-state index contributed by atoms with van der Waals surface area (Å²) in [5, 5.41) is 9.15. The zero-order valence-corrected chi connectivity index (χ0v) is 13.6. The van der Waals surface area contributed by atoms with E-state index >= 15 is 0 Å². The summed E-state index contributed by atoms with van der Waals surface area (Å²) in [5.74, 6) is -8.35. The number of pyridine rings is 1. The lowest BCUT2D eigenvalue weighted by atomic mass is 10.0. The quantitative estimate of drug-likeness (QED) is 0.486. The number of Topliss-reactive ketones (excluding diaryl/α,β-unsaturated/α-hetero) is 1. The van der Waals surface area contributed by atoms with Gasteiger partial charge in [0.15, 0.2) is 0 Å². The molecule has 27 heavy (non-hydrogen) atoms. The number of hydrogen-bond acceptors (Lipinski definition) is 3. The molecule has 0 aliphatic rings. The minimum Gasteiger partial charge on any atom is -0.287 e. The van der Waals surface area contributed by atoms with E-state index in [1.165, 1.54) is 24.3 Å². The molecule has 0 spiro atoms. The van der Waals surface area contributed by atoms with Crippen LogP contribution in [0.5, 0.6) is 0 Å². The molecule has 0 aliphatic heterocycles. The predicted octanol–water partition coefficient (Wildman–Crippen LogP) is 4.87. The van der Waals surface area contributed by atoms with Crippen LogP contribution < -0.4 is 0 Å². The Morgan fingerprint density at radius 3 is 2.44 bits per heavy atom. The molecular weight excluding hydrogens is 360 g/mol. The fourth-order valence-electron chi connectivity index (χ4n) is 2.52. The molecule has 0 atom stereocenters. The molecule has 0 fully saturated rings. The fourth-order valence-corrected chi connectivity index (χ4v) is 2.52. The second-order valence-electron chi connectivity index (χ2n) is 5.59. The largest absolute Gasteiger partial charge is 0.351 e. The summed E-state index contributed by atoms with van der Waals surface area (Å²) in [6.45, 7) is 0. The van der Waals surface area contributed by atoms with Crippen LogP contribution in [0.3, 0.4) is 0 Å². The number of carbonyl (C=O) groups excluding carboxylic acids is 1. The van der Waals surface area contributed by atoms with Crippen molar-refractivity contribution in [3.8, 4) is 17.3 Å². The Labute approximate surface area is 151 Å². The Morgan fingerprint density at radius 1 is 1.00 bits per heavy atom. The van der Waals surface area contributed by atoms with Gasteiger partial charge in [-0.1, -0.05) is 24.3 Å². The van der Waals surface area contributed by atoms with Crippen molar-refractivity contribution in [3.05, 3.63) is 89.1 Å². The zero-order valence-electron chi connectivity index (χ0n) is 13.6. The molecule has 7 heteroatoms. The third-order valence-corrected chi connectivity index (χ3v) is 3.86. The monoisotopic (exact) mass is 370 g/mol. The Balaban J connectivity index is 2.05. The van der Waals surface area contributed by atoms with Crippen molar-refractivity contribution in [2.45, 2.75) is 5.92 Å². The van der Waals surface area contributed by atoms with Gasteiger partial charge in [-0.05, 0) is 30.3 Å². The number of nitrogens with zero attached hydrogens (tertiary/aromatic N) is 2. The summed E-state index contributed by atoms with van der Waals surface area (Å²) in [5.41, 5.74) is -1.23. The average Bonchev–Trinajstić information content (AvgIpc) is 2.67. The van der Waals surface area contributed by atoms with E-state index in [4.69, 9.17) is 5.26 Å². The van der Waals surface area contributed by atoms with Crippen molar-refractivity contribution in [1.82, 2.24) is 4.98 Å². The molecule has 0 aliphatic carbocycles. The molecule has 3 nitrogen and oxygen atoms in total. The van der Waals surface area contributed by atoms with Crippen molar-refractivity contribution in [3.63, 3.8) is 0 Å². The van der Waals surface area contributed by atoms with E-state index in [9.17, 15) is 22.4 Å². The van der Waals surface area contributed by atoms with Crippen molar-refractivity contribution in [2.75, 3.05) is 0 Å². The molecule has 1 aromatic heterocycles. The number of alkyl halides is 2. The first-order valence-electron chi connectivity index (χ1n) is 7.69. The zero-order chi connectivity index (χ0) is 19.6. The van der Waals surface area contributed by atoms with Crippen LogP contribution in [-0.4, -0.2) is 10.8 Å². The second kappa shape index (κ2) is 7.00. The van der Waals surface area contributed by atoms with Crippen LogP contribution in [0.25, 0.3) is 11.3 Å². The molecule has 3 rings (SSSR count). The average molecular weight is 370 g/mol. The SMILES string of the molecule is N#Cc1ccccc1-c1cccc(C(F)(F)C(=O)c2ccc(F)cc2F)n1. The topological polar surface area (TPSA) is 53.8 Å². The van der Waals surface area contributed by atoms with Crippen LogP contribution in [0.15, 0.2) is 60.7 Å². The Kier molecular flexibility index (Phi) is 4.74. The standard InChI is InChI=1S/C20H10F4N2O/c21-13-8-9-15(16(22)10-13)19(27)20(23,24)18-7-3-6-17(26-18)14-5-2-1-4-12(14)11-25/h1-10H. The third-order valence-electron chi connectivity index (χ3n) is 3.86. The molecule has 1 heterocycles. The smallest absolute Gasteiger partial charge is 0.287 e. The van der Waals surface area contributed by atoms with Gasteiger partial charge in [0.05, 0.1) is 22.9 Å². The summed E-state index contributed by atoms with van der Waals surface area (Å²) < 4.78 is 56.0. The first-order chi connectivity index (χ1) is 12.8. The maximum absolute atomic E-state index is 14.7. The van der Waals surface area contributed by atoms with Gasteiger partial charge < -0.3 is 0 Å². The van der Waals surface area contributed by atoms with Gasteiger partial charge in [0.25, 0.3) is 0 Å². The maximum atomic E-state index is 14.7. The van der Waals surface area contributed by atoms with E-state index in [0.717, 1.165) is 12.1 Å². The lowest BCUT2D eigenvalue weighted by Crippen LogP contribution is -2.28. The molecule has 0 bridgehead atoms. The molecule has 0 amide bonds. The van der Waals surface area contributed by atoms with Crippen LogP contribution in [0, 0.1) is 23.0 Å². The second-order valence-corrected chi connectivity index (χ2v) is 5.59. The van der Waals surface area contributed by atoms with Crippen molar-refractivity contribution in [1.29, 1.82) is 5.26 Å². The molecule has 0 N–H and O–H groups in total. The highest BCUT2D eigenvalue weighted by Gasteiger charge is 2.44. The van der Waals surface area contributed by atoms with Gasteiger partial charge >= 0.3 is 5.92 Å². The van der Waals surface area contributed by atoms with Gasteiger partial charge in [0.1, 0.15) is 17.3 Å². The lowest BCUT2D eigenvalue weighted by molar-refractivity contribution is 0.00433. The highest BCUT2D eigenvalue weighted by atomic mass is 19.3. The summed E-state index contributed by atoms with van der Waals surface area (Å²) in [7, 11) is 0. The lowest BCUT2D eigenvalue weighted by Gasteiger charge is -2.16. The number of nitriles is 1. The van der Waals surface area contributed by atoms with Crippen LogP contribution in [0.4, 0.5) is 17.6 Å². The Morgan fingerprint density at radius 2 is 1.74 bits per heavy atom. The van der Waals surface area contributed by atoms with Crippen LogP contribution in [0.2, 0.25) is 0 Å². The fraction of sp³-hybridized carbons (Fsp3) is 0.0500. The first kappa shape index (κ1) is 18.3. The van der Waals surface area contributed by atoms with Gasteiger partial charge in [0, 0.05) is 11.6 Å². The van der Waals surface area contributed by atoms with E-state index in [0.29, 0.717) is 17.7 Å². The number of halogens is 4. The van der Waals surface area contributed by atoms with E-state index in [2.05, 4.69) is 4.98 Å². The minimum atomic E-state index is -4.14. The molecule has 0 radical (unpaired) electrons. The number of hydrogen-bond donors (Lipinski definition) is 0. The van der Waals surface area contributed by atoms with Crippen molar-refractivity contribution in [2.24, 2.45) is 0 Å². The minimum absolute atomic E-state index is 0.0664. The number of benzene rings is 2. The van der Waals surface area contributed by atoms with E-state index in [1.807, 2.05) is 6.07 Å². The Hall–Kier alpha value is -3.53. The molecule has 0 saturated carbocycles. The molecule has 134 valence electrons. The first-order valence-corrected chi connectivity index (χ1v) is 7.69. The van der Waals surface area contributed by atoms with E-state index in [1.54, 1.807) is 12.1 Å². The van der Waals surface area contributed by atoms with Gasteiger partial charge in [-0.15, -0.1) is 0 Å². The molecule has 0 unspecified atom stereocenters. The highest BCUT2D eigenvalue weighted by Crippen LogP contribution is 2.33. The van der Waals surface area contributed by atoms with Crippen molar-refractivity contribution < 1.29 is 22.4 Å². The number of aromatic nitrogens is 1. The van der Waals surface area contributed by atoms with E-state index in [-0.39, 0.29) is 11.3 Å². The number of ketones is 1. The van der Waals surface area contributed by atoms with Gasteiger partial charge in [-0.2, -0.15) is 14.0 Å². The summed E-state index contributed by atoms with van der Waals surface area (Å²) in [6.07, 6.45) is 0. The van der Waals surface area contributed by atoms with Crippen molar-refractivity contribution >= 4 is 5.78 Å². The molecule has 2 aromatic carbocycles. The molecule has 3 aromatic rings. The highest BCUT2D eigenvalue weighted by molar-refractivity contribution is 6.01. The molecular formula is C20H10F4N2O. The van der Waals surface area contributed by atoms with Crippen LogP contribution in [0.1, 0.15) is 21.6 Å². The van der Waals surface area contributed by atoms with Crippen LogP contribution in [-0.2, 0) is 5.92 Å². The normalized spacial score (nSPS) is 11.1. The summed E-state index contributed by atoms with van der Waals surface area (Å²) >= 11 is 0. The van der Waals surface area contributed by atoms with Gasteiger partial charge in [-0.3, -0.25) is 4.79 Å². The Bertz CT molecular complexity index is 1070. The van der Waals surface area contributed by atoms with Gasteiger partial charge in [-0.25, -0.2) is 13.8 Å². The third kappa shape index (κ3) is 3.42. The van der Waals surface area contributed by atoms with Crippen LogP contribution >= 0.6 is 0 Å².